The van der Waals surface area contributed by atoms with Crippen molar-refractivity contribution in [2.24, 2.45) is 0 Å². The zero-order valence-corrected chi connectivity index (χ0v) is 8.24. The SMILES string of the molecule is CN(C)C(O[P+](=O)O)O[P+](=O)O. The first kappa shape index (κ1) is 12.0. The summed E-state index contributed by atoms with van der Waals surface area (Å²) in [4.78, 5) is 17.8. The van der Waals surface area contributed by atoms with Crippen molar-refractivity contribution in [3.05, 3.63) is 0 Å². The van der Waals surface area contributed by atoms with Crippen LogP contribution in [0.15, 0.2) is 0 Å². The molecule has 0 saturated heterocycles. The monoisotopic (exact) mass is 217 g/mol. The molecule has 0 aromatic heterocycles. The van der Waals surface area contributed by atoms with Gasteiger partial charge in [-0.1, -0.05) is 9.05 Å². The Morgan fingerprint density at radius 2 is 1.50 bits per heavy atom. The summed E-state index contributed by atoms with van der Waals surface area (Å²) in [6, 6.07) is 0. The van der Waals surface area contributed by atoms with E-state index in [9.17, 15) is 9.13 Å². The minimum Gasteiger partial charge on any atom is -0.254 e. The molecule has 12 heavy (non-hydrogen) atoms. The molecule has 70 valence electrons. The molecule has 0 aliphatic heterocycles. The molecule has 0 aliphatic rings. The second kappa shape index (κ2) is 5.61. The molecule has 9 heteroatoms. The lowest BCUT2D eigenvalue weighted by Crippen LogP contribution is -2.29. The van der Waals surface area contributed by atoms with Gasteiger partial charge in [-0.15, -0.1) is 9.79 Å². The van der Waals surface area contributed by atoms with E-state index in [2.05, 4.69) is 9.05 Å². The highest BCUT2D eigenvalue weighted by Crippen LogP contribution is 2.26. The van der Waals surface area contributed by atoms with E-state index in [1.54, 1.807) is 0 Å². The molecule has 0 aliphatic carbocycles. The molecule has 0 rings (SSSR count). The van der Waals surface area contributed by atoms with E-state index in [0.717, 1.165) is 0 Å². The molecule has 0 amide bonds. The molecule has 2 N–H and O–H groups in total. The van der Waals surface area contributed by atoms with Crippen LogP contribution in [0.25, 0.3) is 0 Å². The average molecular weight is 217 g/mol. The third kappa shape index (κ3) is 5.62. The molecule has 0 bridgehead atoms. The molecular weight excluding hydrogens is 208 g/mol. The molecule has 2 unspecified atom stereocenters. The Morgan fingerprint density at radius 3 is 1.67 bits per heavy atom. The topological polar surface area (TPSA) is 96.3 Å². The Kier molecular flexibility index (Phi) is 5.61. The number of hydrogen-bond donors (Lipinski definition) is 2. The maximum Gasteiger partial charge on any atom is 0.699 e. The van der Waals surface area contributed by atoms with Crippen LogP contribution in [0.5, 0.6) is 0 Å². The van der Waals surface area contributed by atoms with Gasteiger partial charge in [-0.3, -0.25) is 4.90 Å². The van der Waals surface area contributed by atoms with Crippen LogP contribution in [-0.2, 0) is 18.2 Å². The molecule has 0 aromatic rings. The zero-order chi connectivity index (χ0) is 9.72. The van der Waals surface area contributed by atoms with Gasteiger partial charge in [0, 0.05) is 9.13 Å². The lowest BCUT2D eigenvalue weighted by molar-refractivity contribution is -0.0945. The first-order valence-electron chi connectivity index (χ1n) is 2.75. The van der Waals surface area contributed by atoms with Crippen LogP contribution in [0.3, 0.4) is 0 Å². The van der Waals surface area contributed by atoms with E-state index >= 15 is 0 Å². The molecule has 0 heterocycles. The summed E-state index contributed by atoms with van der Waals surface area (Å²) in [5, 5.41) is 0. The summed E-state index contributed by atoms with van der Waals surface area (Å²) in [6.07, 6.45) is -1.30. The standard InChI is InChI=1S/C3H7NO6P2/c1-4(2)3(9-11(5)6)10-12(7)8/h3H,1-2H3/p+2. The van der Waals surface area contributed by atoms with Crippen LogP contribution in [-0.4, -0.2) is 35.2 Å². The summed E-state index contributed by atoms with van der Waals surface area (Å²) in [7, 11) is -2.80. The second-order valence-corrected chi connectivity index (χ2v) is 3.33. The summed E-state index contributed by atoms with van der Waals surface area (Å²) < 4.78 is 28.8. The number of rotatable bonds is 5. The minimum absolute atomic E-state index is 1.23. The van der Waals surface area contributed by atoms with Crippen LogP contribution >= 0.6 is 16.5 Å². The molecule has 2 atom stereocenters. The Morgan fingerprint density at radius 1 is 1.17 bits per heavy atom. The molecule has 0 fully saturated rings. The van der Waals surface area contributed by atoms with Gasteiger partial charge in [0.1, 0.15) is 0 Å². The number of hydrogen-bond acceptors (Lipinski definition) is 5. The van der Waals surface area contributed by atoms with E-state index in [-0.39, 0.29) is 0 Å². The van der Waals surface area contributed by atoms with Gasteiger partial charge in [0.2, 0.25) is 0 Å². The predicted molar refractivity (Wildman–Crippen MR) is 39.3 cm³/mol. The molecular formula is C3H9NO6P2+2. The fourth-order valence-corrected chi connectivity index (χ4v) is 1.20. The molecule has 7 nitrogen and oxygen atoms in total. The average Bonchev–Trinajstić information content (AvgIpc) is 1.83. The highest BCUT2D eigenvalue weighted by atomic mass is 31.1. The van der Waals surface area contributed by atoms with Gasteiger partial charge in [-0.25, -0.2) is 0 Å². The van der Waals surface area contributed by atoms with Gasteiger partial charge in [-0.2, -0.15) is 0 Å². The van der Waals surface area contributed by atoms with E-state index < -0.39 is 22.9 Å². The maximum atomic E-state index is 10.1. The van der Waals surface area contributed by atoms with Crippen molar-refractivity contribution in [1.82, 2.24) is 4.90 Å². The van der Waals surface area contributed by atoms with Crippen molar-refractivity contribution >= 4 is 16.5 Å². The summed E-state index contributed by atoms with van der Waals surface area (Å²) >= 11 is 0. The summed E-state index contributed by atoms with van der Waals surface area (Å²) in [5.41, 5.74) is 0. The largest absolute Gasteiger partial charge is 0.699 e. The fourth-order valence-electron chi connectivity index (χ4n) is 0.362. The summed E-state index contributed by atoms with van der Waals surface area (Å²) in [6.45, 7) is 0. The van der Waals surface area contributed by atoms with Crippen molar-refractivity contribution in [2.75, 3.05) is 14.1 Å². The first-order chi connectivity index (χ1) is 5.43. The third-order valence-corrected chi connectivity index (χ3v) is 1.50. The Balaban J connectivity index is 4.04. The van der Waals surface area contributed by atoms with Crippen LogP contribution in [0.1, 0.15) is 0 Å². The zero-order valence-electron chi connectivity index (χ0n) is 6.45. The van der Waals surface area contributed by atoms with Crippen molar-refractivity contribution in [3.8, 4) is 0 Å². The highest BCUT2D eigenvalue weighted by Gasteiger charge is 2.34. The summed E-state index contributed by atoms with van der Waals surface area (Å²) in [5.74, 6) is 0. The van der Waals surface area contributed by atoms with Gasteiger partial charge >= 0.3 is 22.9 Å². The van der Waals surface area contributed by atoms with Crippen LogP contribution in [0, 0.1) is 0 Å². The van der Waals surface area contributed by atoms with Crippen molar-refractivity contribution in [3.63, 3.8) is 0 Å². The predicted octanol–water partition coefficient (Wildman–Crippen LogP) is 0.164. The molecule has 0 saturated carbocycles. The smallest absolute Gasteiger partial charge is 0.254 e. The Bertz CT molecular complexity index is 168. The Labute approximate surface area is 70.8 Å². The lowest BCUT2D eigenvalue weighted by atomic mass is 10.9. The van der Waals surface area contributed by atoms with E-state index in [4.69, 9.17) is 9.79 Å². The van der Waals surface area contributed by atoms with Crippen molar-refractivity contribution in [2.45, 2.75) is 6.41 Å². The highest BCUT2D eigenvalue weighted by molar-refractivity contribution is 7.32. The normalized spacial score (nSPS) is 16.1. The minimum atomic E-state index is -2.86. The van der Waals surface area contributed by atoms with Crippen molar-refractivity contribution in [1.29, 1.82) is 0 Å². The first-order valence-corrected chi connectivity index (χ1v) is 5.01. The second-order valence-electron chi connectivity index (χ2n) is 1.96. The maximum absolute atomic E-state index is 10.1. The van der Waals surface area contributed by atoms with Crippen LogP contribution in [0.4, 0.5) is 0 Å². The fraction of sp³-hybridized carbons (Fsp3) is 1.00. The van der Waals surface area contributed by atoms with Crippen LogP contribution < -0.4 is 0 Å². The molecule has 0 aromatic carbocycles. The van der Waals surface area contributed by atoms with E-state index in [1.165, 1.54) is 19.0 Å². The van der Waals surface area contributed by atoms with Gasteiger partial charge < -0.3 is 0 Å². The van der Waals surface area contributed by atoms with Gasteiger partial charge in [0.15, 0.2) is 0 Å². The van der Waals surface area contributed by atoms with Gasteiger partial charge in [-0.05, 0) is 14.1 Å². The van der Waals surface area contributed by atoms with E-state index in [1.807, 2.05) is 0 Å². The number of nitrogens with zero attached hydrogens (tertiary/aromatic N) is 1. The van der Waals surface area contributed by atoms with Crippen molar-refractivity contribution < 1.29 is 28.0 Å². The molecule has 0 radical (unpaired) electrons. The third-order valence-electron chi connectivity index (χ3n) is 0.782. The van der Waals surface area contributed by atoms with Crippen LogP contribution in [0.2, 0.25) is 0 Å². The Hall–Kier alpha value is -0.0000000000000000763. The van der Waals surface area contributed by atoms with Gasteiger partial charge in [0.05, 0.1) is 0 Å². The van der Waals surface area contributed by atoms with Gasteiger partial charge in [0.25, 0.3) is 0 Å². The quantitative estimate of drug-likeness (QED) is 0.500. The molecule has 0 spiro atoms. The van der Waals surface area contributed by atoms with E-state index in [0.29, 0.717) is 0 Å². The lowest BCUT2D eigenvalue weighted by Gasteiger charge is -2.10.